The van der Waals surface area contributed by atoms with Crippen LogP contribution in [0.1, 0.15) is 51.9 Å². The SMILES string of the molecule is C[C@@H](CCCNC(=N)N)C(=O)N[C@@H](CCCNC(=N)N)C(=O)N[C@@H](CCCCN)C(=O)O. The number of hydrogen-bond donors (Lipinski definition) is 10. The van der Waals surface area contributed by atoms with Crippen molar-refractivity contribution >= 4 is 29.7 Å². The Morgan fingerprint density at radius 1 is 0.812 bits per heavy atom. The maximum absolute atomic E-state index is 12.8. The summed E-state index contributed by atoms with van der Waals surface area (Å²) in [7, 11) is 0. The van der Waals surface area contributed by atoms with Gasteiger partial charge in [0.1, 0.15) is 12.1 Å². The number of carbonyl (C=O) groups is 3. The van der Waals surface area contributed by atoms with Crippen molar-refractivity contribution in [3.05, 3.63) is 0 Å². The standard InChI is InChI=1S/C19H39N9O4/c1-12(6-4-10-25-18(21)22)15(29)27-13(8-5-11-26-19(23)24)16(30)28-14(17(31)32)7-2-3-9-20/h12-14H,2-11,20H2,1H3,(H,27,29)(H,28,30)(H,31,32)(H4,21,22,25)(H4,23,24,26)/t12-,13-,14-/m0/s1. The predicted octanol–water partition coefficient (Wildman–Crippen LogP) is -1.67. The van der Waals surface area contributed by atoms with E-state index >= 15 is 0 Å². The molecule has 0 fully saturated rings. The lowest BCUT2D eigenvalue weighted by Crippen LogP contribution is -2.52. The van der Waals surface area contributed by atoms with E-state index in [1.165, 1.54) is 0 Å². The average molecular weight is 458 g/mol. The van der Waals surface area contributed by atoms with Gasteiger partial charge in [0.2, 0.25) is 11.8 Å². The zero-order valence-corrected chi connectivity index (χ0v) is 18.7. The van der Waals surface area contributed by atoms with Gasteiger partial charge in [-0.05, 0) is 51.5 Å². The Morgan fingerprint density at radius 3 is 1.81 bits per heavy atom. The first kappa shape index (κ1) is 28.9. The molecule has 0 aliphatic carbocycles. The van der Waals surface area contributed by atoms with Crippen molar-refractivity contribution < 1.29 is 19.5 Å². The molecule has 0 aliphatic heterocycles. The summed E-state index contributed by atoms with van der Waals surface area (Å²) in [4.78, 5) is 36.8. The summed E-state index contributed by atoms with van der Waals surface area (Å²) < 4.78 is 0. The topological polar surface area (TPSA) is 245 Å². The van der Waals surface area contributed by atoms with Gasteiger partial charge in [-0.15, -0.1) is 0 Å². The molecule has 13 nitrogen and oxygen atoms in total. The van der Waals surface area contributed by atoms with Crippen LogP contribution in [0.4, 0.5) is 0 Å². The summed E-state index contributed by atoms with van der Waals surface area (Å²) in [5, 5.41) is 34.2. The minimum Gasteiger partial charge on any atom is -0.480 e. The number of rotatable bonds is 17. The largest absolute Gasteiger partial charge is 0.480 e. The Bertz CT molecular complexity index is 630. The first-order chi connectivity index (χ1) is 15.1. The number of amides is 2. The second-order valence-corrected chi connectivity index (χ2v) is 7.61. The molecule has 0 saturated carbocycles. The molecule has 13 heteroatoms. The molecule has 0 heterocycles. The molecular weight excluding hydrogens is 418 g/mol. The fraction of sp³-hybridized carbons (Fsp3) is 0.737. The van der Waals surface area contributed by atoms with E-state index in [1.54, 1.807) is 6.92 Å². The van der Waals surface area contributed by atoms with Gasteiger partial charge in [0.15, 0.2) is 11.9 Å². The van der Waals surface area contributed by atoms with Crippen molar-refractivity contribution in [2.45, 2.75) is 64.0 Å². The summed E-state index contributed by atoms with van der Waals surface area (Å²) in [6.45, 7) is 2.95. The summed E-state index contributed by atoms with van der Waals surface area (Å²) >= 11 is 0. The normalized spacial score (nSPS) is 13.3. The molecule has 0 bridgehead atoms. The zero-order valence-electron chi connectivity index (χ0n) is 18.7. The van der Waals surface area contributed by atoms with Crippen LogP contribution in [-0.2, 0) is 14.4 Å². The van der Waals surface area contributed by atoms with Gasteiger partial charge in [-0.2, -0.15) is 0 Å². The molecule has 0 saturated heterocycles. The van der Waals surface area contributed by atoms with Gasteiger partial charge in [0, 0.05) is 19.0 Å². The highest BCUT2D eigenvalue weighted by Crippen LogP contribution is 2.08. The summed E-state index contributed by atoms with van der Waals surface area (Å²) in [5.41, 5.74) is 15.9. The van der Waals surface area contributed by atoms with Crippen LogP contribution in [0, 0.1) is 16.7 Å². The molecule has 0 aliphatic rings. The number of nitrogens with one attached hydrogen (secondary N) is 6. The van der Waals surface area contributed by atoms with Crippen molar-refractivity contribution in [1.29, 1.82) is 10.8 Å². The molecule has 0 spiro atoms. The maximum atomic E-state index is 12.8. The molecular formula is C19H39N9O4. The van der Waals surface area contributed by atoms with Crippen molar-refractivity contribution in [2.24, 2.45) is 23.1 Å². The molecule has 0 aromatic rings. The third-order valence-electron chi connectivity index (χ3n) is 4.76. The predicted molar refractivity (Wildman–Crippen MR) is 122 cm³/mol. The summed E-state index contributed by atoms with van der Waals surface area (Å²) in [5.74, 6) is -2.79. The third kappa shape index (κ3) is 14.0. The lowest BCUT2D eigenvalue weighted by Gasteiger charge is -2.23. The Hall–Kier alpha value is -3.09. The van der Waals surface area contributed by atoms with Gasteiger partial charge < -0.3 is 43.6 Å². The highest BCUT2D eigenvalue weighted by atomic mass is 16.4. The smallest absolute Gasteiger partial charge is 0.326 e. The van der Waals surface area contributed by atoms with E-state index in [9.17, 15) is 19.5 Å². The summed E-state index contributed by atoms with van der Waals surface area (Å²) in [6, 6.07) is -2.00. The highest BCUT2D eigenvalue weighted by molar-refractivity contribution is 5.90. The second-order valence-electron chi connectivity index (χ2n) is 7.61. The fourth-order valence-corrected chi connectivity index (χ4v) is 2.90. The number of hydrogen-bond acceptors (Lipinski definition) is 6. The van der Waals surface area contributed by atoms with Gasteiger partial charge in [-0.25, -0.2) is 4.79 Å². The molecule has 3 atom stereocenters. The van der Waals surface area contributed by atoms with Crippen LogP contribution in [-0.4, -0.2) is 66.5 Å². The lowest BCUT2D eigenvalue weighted by atomic mass is 10.0. The number of aliphatic carboxylic acids is 1. The summed E-state index contributed by atoms with van der Waals surface area (Å²) in [6.07, 6.45) is 3.24. The number of nitrogens with two attached hydrogens (primary N) is 3. The molecule has 0 aromatic heterocycles. The number of carboxylic acids is 1. The Labute approximate surface area is 188 Å². The highest BCUT2D eigenvalue weighted by Gasteiger charge is 2.27. The molecule has 184 valence electrons. The van der Waals surface area contributed by atoms with Gasteiger partial charge in [-0.3, -0.25) is 20.4 Å². The average Bonchev–Trinajstić information content (AvgIpc) is 2.71. The van der Waals surface area contributed by atoms with E-state index < -0.39 is 29.9 Å². The van der Waals surface area contributed by atoms with E-state index in [4.69, 9.17) is 28.0 Å². The van der Waals surface area contributed by atoms with E-state index in [0.29, 0.717) is 51.7 Å². The van der Waals surface area contributed by atoms with Crippen molar-refractivity contribution in [1.82, 2.24) is 21.3 Å². The minimum atomic E-state index is -1.15. The monoisotopic (exact) mass is 457 g/mol. The van der Waals surface area contributed by atoms with E-state index in [2.05, 4.69) is 21.3 Å². The first-order valence-electron chi connectivity index (χ1n) is 10.8. The minimum absolute atomic E-state index is 0.141. The molecule has 2 amide bonds. The van der Waals surface area contributed by atoms with Crippen molar-refractivity contribution in [3.8, 4) is 0 Å². The Morgan fingerprint density at radius 2 is 1.31 bits per heavy atom. The van der Waals surface area contributed by atoms with E-state index in [-0.39, 0.29) is 30.7 Å². The first-order valence-corrected chi connectivity index (χ1v) is 10.8. The third-order valence-corrected chi connectivity index (χ3v) is 4.76. The van der Waals surface area contributed by atoms with E-state index in [0.717, 1.165) is 0 Å². The number of unbranched alkanes of at least 4 members (excludes halogenated alkanes) is 1. The zero-order chi connectivity index (χ0) is 24.5. The maximum Gasteiger partial charge on any atom is 0.326 e. The quantitative estimate of drug-likeness (QED) is 0.0680. The van der Waals surface area contributed by atoms with Crippen molar-refractivity contribution in [3.63, 3.8) is 0 Å². The molecule has 0 aromatic carbocycles. The van der Waals surface area contributed by atoms with E-state index in [1.807, 2.05) is 0 Å². The Kier molecular flexibility index (Phi) is 15.0. The molecule has 0 radical (unpaired) electrons. The van der Waals surface area contributed by atoms with Crippen molar-refractivity contribution in [2.75, 3.05) is 19.6 Å². The second kappa shape index (κ2) is 16.6. The lowest BCUT2D eigenvalue weighted by molar-refractivity contribution is -0.142. The molecule has 0 unspecified atom stereocenters. The van der Waals surface area contributed by atoms with Crippen LogP contribution >= 0.6 is 0 Å². The molecule has 0 rings (SSSR count). The van der Waals surface area contributed by atoms with Crippen LogP contribution in [0.2, 0.25) is 0 Å². The van der Waals surface area contributed by atoms with Gasteiger partial charge in [0.25, 0.3) is 0 Å². The number of carbonyl (C=O) groups excluding carboxylic acids is 2. The molecule has 32 heavy (non-hydrogen) atoms. The van der Waals surface area contributed by atoms with Crippen LogP contribution in [0.5, 0.6) is 0 Å². The van der Waals surface area contributed by atoms with Crippen LogP contribution in [0.15, 0.2) is 0 Å². The van der Waals surface area contributed by atoms with Gasteiger partial charge in [0.05, 0.1) is 0 Å². The van der Waals surface area contributed by atoms with Gasteiger partial charge in [-0.1, -0.05) is 6.92 Å². The van der Waals surface area contributed by atoms with Crippen LogP contribution < -0.4 is 38.5 Å². The number of carboxylic acid groups (broad SMARTS) is 1. The van der Waals surface area contributed by atoms with Crippen LogP contribution in [0.25, 0.3) is 0 Å². The van der Waals surface area contributed by atoms with Gasteiger partial charge >= 0.3 is 5.97 Å². The van der Waals surface area contributed by atoms with Crippen LogP contribution in [0.3, 0.4) is 0 Å². The Balaban J connectivity index is 4.96. The molecule has 13 N–H and O–H groups in total. The fourth-order valence-electron chi connectivity index (χ4n) is 2.90. The number of guanidine groups is 2.